The molecule has 1 aliphatic rings. The fraction of sp³-hybridized carbons (Fsp3) is 0.846. The predicted octanol–water partition coefficient (Wildman–Crippen LogP) is 0.520. The zero-order valence-corrected chi connectivity index (χ0v) is 11.5. The van der Waals surface area contributed by atoms with E-state index in [1.807, 2.05) is 13.8 Å². The van der Waals surface area contributed by atoms with Gasteiger partial charge >= 0.3 is 0 Å². The molecular weight excluding hydrogens is 232 g/mol. The summed E-state index contributed by atoms with van der Waals surface area (Å²) in [6.45, 7) is 6.52. The third-order valence-electron chi connectivity index (χ3n) is 3.19. The van der Waals surface area contributed by atoms with E-state index in [0.29, 0.717) is 19.5 Å². The SMILES string of the molecule is CC(O)CCNC(=O)C1CCCN1C(=O)C(C)C. The topological polar surface area (TPSA) is 69.6 Å². The summed E-state index contributed by atoms with van der Waals surface area (Å²) in [6.07, 6.45) is 1.74. The van der Waals surface area contributed by atoms with E-state index in [0.717, 1.165) is 12.8 Å². The summed E-state index contributed by atoms with van der Waals surface area (Å²) < 4.78 is 0. The molecule has 1 heterocycles. The highest BCUT2D eigenvalue weighted by molar-refractivity contribution is 5.88. The molecule has 0 aromatic rings. The van der Waals surface area contributed by atoms with Crippen LogP contribution in [0.15, 0.2) is 0 Å². The Morgan fingerprint density at radius 3 is 2.61 bits per heavy atom. The van der Waals surface area contributed by atoms with Crippen LogP contribution in [0.4, 0.5) is 0 Å². The van der Waals surface area contributed by atoms with E-state index in [9.17, 15) is 9.59 Å². The number of carbonyl (C=O) groups is 2. The number of aliphatic hydroxyl groups excluding tert-OH is 1. The molecule has 1 rings (SSSR count). The summed E-state index contributed by atoms with van der Waals surface area (Å²) in [5.41, 5.74) is 0. The van der Waals surface area contributed by atoms with Gasteiger partial charge in [-0.05, 0) is 26.2 Å². The molecule has 1 aliphatic heterocycles. The summed E-state index contributed by atoms with van der Waals surface area (Å²) in [5, 5.41) is 11.9. The van der Waals surface area contributed by atoms with Crippen molar-refractivity contribution >= 4 is 11.8 Å². The first-order valence-corrected chi connectivity index (χ1v) is 6.69. The average Bonchev–Trinajstić information content (AvgIpc) is 2.75. The smallest absolute Gasteiger partial charge is 0.242 e. The van der Waals surface area contributed by atoms with Gasteiger partial charge in [-0.1, -0.05) is 13.8 Å². The molecule has 2 atom stereocenters. The molecule has 104 valence electrons. The Morgan fingerprint density at radius 2 is 2.06 bits per heavy atom. The number of rotatable bonds is 5. The van der Waals surface area contributed by atoms with Crippen molar-refractivity contribution in [1.29, 1.82) is 0 Å². The average molecular weight is 256 g/mol. The van der Waals surface area contributed by atoms with Gasteiger partial charge in [0, 0.05) is 19.0 Å². The third kappa shape index (κ3) is 3.98. The van der Waals surface area contributed by atoms with Crippen molar-refractivity contribution in [2.75, 3.05) is 13.1 Å². The van der Waals surface area contributed by atoms with Gasteiger partial charge in [0.15, 0.2) is 0 Å². The molecule has 0 aliphatic carbocycles. The fourth-order valence-corrected chi connectivity index (χ4v) is 2.16. The minimum absolute atomic E-state index is 0.0446. The van der Waals surface area contributed by atoms with Gasteiger partial charge in [-0.25, -0.2) is 0 Å². The van der Waals surface area contributed by atoms with Gasteiger partial charge in [0.2, 0.25) is 11.8 Å². The first-order chi connectivity index (χ1) is 8.43. The van der Waals surface area contributed by atoms with Crippen molar-refractivity contribution in [3.8, 4) is 0 Å². The number of amides is 2. The van der Waals surface area contributed by atoms with Gasteiger partial charge in [-0.3, -0.25) is 9.59 Å². The molecule has 2 unspecified atom stereocenters. The largest absolute Gasteiger partial charge is 0.393 e. The van der Waals surface area contributed by atoms with Crippen molar-refractivity contribution in [1.82, 2.24) is 10.2 Å². The van der Waals surface area contributed by atoms with Crippen LogP contribution in [0.3, 0.4) is 0 Å². The quantitative estimate of drug-likeness (QED) is 0.753. The van der Waals surface area contributed by atoms with Crippen molar-refractivity contribution in [2.45, 2.75) is 52.2 Å². The number of nitrogens with zero attached hydrogens (tertiary/aromatic N) is 1. The predicted molar refractivity (Wildman–Crippen MR) is 68.9 cm³/mol. The summed E-state index contributed by atoms with van der Waals surface area (Å²) in [6, 6.07) is -0.325. The molecule has 0 radical (unpaired) electrons. The van der Waals surface area contributed by atoms with Gasteiger partial charge in [0.1, 0.15) is 6.04 Å². The molecule has 0 aromatic carbocycles. The van der Waals surface area contributed by atoms with Crippen LogP contribution in [0.5, 0.6) is 0 Å². The molecule has 2 N–H and O–H groups in total. The number of carbonyl (C=O) groups excluding carboxylic acids is 2. The first-order valence-electron chi connectivity index (χ1n) is 6.69. The molecular formula is C13H24N2O3. The maximum atomic E-state index is 12.0. The van der Waals surface area contributed by atoms with Crippen LogP contribution < -0.4 is 5.32 Å². The Labute approximate surface area is 109 Å². The van der Waals surface area contributed by atoms with Crippen LogP contribution in [-0.4, -0.2) is 47.1 Å². The molecule has 5 nitrogen and oxygen atoms in total. The van der Waals surface area contributed by atoms with E-state index in [1.54, 1.807) is 11.8 Å². The molecule has 0 aromatic heterocycles. The van der Waals surface area contributed by atoms with E-state index in [-0.39, 0.29) is 23.8 Å². The van der Waals surface area contributed by atoms with Crippen LogP contribution in [0.1, 0.15) is 40.0 Å². The number of hydrogen-bond donors (Lipinski definition) is 2. The Hall–Kier alpha value is -1.10. The standard InChI is InChI=1S/C13H24N2O3/c1-9(2)13(18)15-8-4-5-11(15)12(17)14-7-6-10(3)16/h9-11,16H,4-8H2,1-3H3,(H,14,17). The zero-order chi connectivity index (χ0) is 13.7. The maximum absolute atomic E-state index is 12.0. The lowest BCUT2D eigenvalue weighted by molar-refractivity contribution is -0.140. The minimum atomic E-state index is -0.415. The van der Waals surface area contributed by atoms with E-state index >= 15 is 0 Å². The Kier molecular flexibility index (Phi) is 5.59. The molecule has 5 heteroatoms. The molecule has 0 spiro atoms. The summed E-state index contributed by atoms with van der Waals surface area (Å²) in [7, 11) is 0. The normalized spacial score (nSPS) is 21.2. The van der Waals surface area contributed by atoms with Gasteiger partial charge in [0.05, 0.1) is 6.10 Å². The van der Waals surface area contributed by atoms with Gasteiger partial charge in [0.25, 0.3) is 0 Å². The van der Waals surface area contributed by atoms with Crippen LogP contribution in [0.25, 0.3) is 0 Å². The Morgan fingerprint density at radius 1 is 1.39 bits per heavy atom. The van der Waals surface area contributed by atoms with Crippen molar-refractivity contribution in [2.24, 2.45) is 5.92 Å². The summed E-state index contributed by atoms with van der Waals surface area (Å²) >= 11 is 0. The van der Waals surface area contributed by atoms with Crippen LogP contribution in [-0.2, 0) is 9.59 Å². The Bertz CT molecular complexity index is 303. The molecule has 18 heavy (non-hydrogen) atoms. The number of nitrogens with one attached hydrogen (secondary N) is 1. The van der Waals surface area contributed by atoms with Crippen LogP contribution in [0.2, 0.25) is 0 Å². The molecule has 0 saturated carbocycles. The number of likely N-dealkylation sites (tertiary alicyclic amines) is 1. The second kappa shape index (κ2) is 6.73. The van der Waals surface area contributed by atoms with Gasteiger partial charge < -0.3 is 15.3 Å². The number of hydrogen-bond acceptors (Lipinski definition) is 3. The molecule has 2 amide bonds. The van der Waals surface area contributed by atoms with E-state index in [4.69, 9.17) is 5.11 Å². The lowest BCUT2D eigenvalue weighted by Gasteiger charge is -2.25. The highest BCUT2D eigenvalue weighted by atomic mass is 16.3. The lowest BCUT2D eigenvalue weighted by Crippen LogP contribution is -2.47. The van der Waals surface area contributed by atoms with Crippen molar-refractivity contribution in [3.63, 3.8) is 0 Å². The number of aliphatic hydroxyl groups is 1. The zero-order valence-electron chi connectivity index (χ0n) is 11.5. The van der Waals surface area contributed by atoms with Gasteiger partial charge in [-0.15, -0.1) is 0 Å². The highest BCUT2D eigenvalue weighted by Crippen LogP contribution is 2.19. The summed E-state index contributed by atoms with van der Waals surface area (Å²) in [5.74, 6) is -0.124. The molecule has 0 bridgehead atoms. The van der Waals surface area contributed by atoms with E-state index in [1.165, 1.54) is 0 Å². The first kappa shape index (κ1) is 15.0. The van der Waals surface area contributed by atoms with Crippen LogP contribution in [0, 0.1) is 5.92 Å². The Balaban J connectivity index is 2.48. The van der Waals surface area contributed by atoms with Crippen LogP contribution >= 0.6 is 0 Å². The molecule has 1 saturated heterocycles. The monoisotopic (exact) mass is 256 g/mol. The van der Waals surface area contributed by atoms with E-state index in [2.05, 4.69) is 5.32 Å². The fourth-order valence-electron chi connectivity index (χ4n) is 2.16. The lowest BCUT2D eigenvalue weighted by atomic mass is 10.1. The van der Waals surface area contributed by atoms with E-state index < -0.39 is 6.10 Å². The van der Waals surface area contributed by atoms with Crippen molar-refractivity contribution < 1.29 is 14.7 Å². The van der Waals surface area contributed by atoms with Gasteiger partial charge in [-0.2, -0.15) is 0 Å². The third-order valence-corrected chi connectivity index (χ3v) is 3.19. The molecule has 1 fully saturated rings. The summed E-state index contributed by atoms with van der Waals surface area (Å²) in [4.78, 5) is 25.6. The van der Waals surface area contributed by atoms with Crippen molar-refractivity contribution in [3.05, 3.63) is 0 Å². The highest BCUT2D eigenvalue weighted by Gasteiger charge is 2.34. The second-order valence-electron chi connectivity index (χ2n) is 5.27. The minimum Gasteiger partial charge on any atom is -0.393 e. The second-order valence-corrected chi connectivity index (χ2v) is 5.27. The maximum Gasteiger partial charge on any atom is 0.242 e.